The fraction of sp³-hybridized carbons (Fsp3) is 0.500. The van der Waals surface area contributed by atoms with Crippen molar-refractivity contribution in [2.24, 2.45) is 0 Å². The Morgan fingerprint density at radius 1 is 1.50 bits per heavy atom. The van der Waals surface area contributed by atoms with E-state index < -0.39 is 0 Å². The molecule has 1 aromatic rings. The van der Waals surface area contributed by atoms with Crippen LogP contribution < -0.4 is 4.74 Å². The van der Waals surface area contributed by atoms with E-state index in [1.807, 2.05) is 6.92 Å². The molecular formula is C12H16O2. The van der Waals surface area contributed by atoms with Crippen molar-refractivity contribution in [3.05, 3.63) is 28.8 Å². The van der Waals surface area contributed by atoms with Crippen LogP contribution >= 0.6 is 0 Å². The zero-order valence-corrected chi connectivity index (χ0v) is 8.71. The number of aliphatic hydroxyl groups excluding tert-OH is 1. The molecule has 1 heterocycles. The fourth-order valence-electron chi connectivity index (χ4n) is 1.92. The molecule has 1 aromatic carbocycles. The Kier molecular flexibility index (Phi) is 2.46. The predicted octanol–water partition coefficient (Wildman–Crippen LogP) is 2.03. The number of ether oxygens (including phenoxy) is 1. The SMILES string of the molecule is Cc1cc(C(C)CO)cc2c1OCC2. The van der Waals surface area contributed by atoms with Gasteiger partial charge in [-0.15, -0.1) is 0 Å². The summed E-state index contributed by atoms with van der Waals surface area (Å²) in [4.78, 5) is 0. The molecule has 0 spiro atoms. The number of aliphatic hydroxyl groups is 1. The number of rotatable bonds is 2. The van der Waals surface area contributed by atoms with Gasteiger partial charge in [0.15, 0.2) is 0 Å². The van der Waals surface area contributed by atoms with Crippen LogP contribution in [-0.4, -0.2) is 18.3 Å². The van der Waals surface area contributed by atoms with Gasteiger partial charge in [-0.05, 0) is 23.6 Å². The van der Waals surface area contributed by atoms with E-state index in [-0.39, 0.29) is 12.5 Å². The maximum atomic E-state index is 9.10. The van der Waals surface area contributed by atoms with E-state index >= 15 is 0 Å². The largest absolute Gasteiger partial charge is 0.493 e. The number of hydrogen-bond acceptors (Lipinski definition) is 2. The Morgan fingerprint density at radius 2 is 2.29 bits per heavy atom. The molecule has 76 valence electrons. The first kappa shape index (κ1) is 9.53. The molecule has 1 aliphatic heterocycles. The third-order valence-electron chi connectivity index (χ3n) is 2.83. The van der Waals surface area contributed by atoms with Gasteiger partial charge in [0, 0.05) is 18.9 Å². The zero-order chi connectivity index (χ0) is 10.1. The molecule has 0 fully saturated rings. The zero-order valence-electron chi connectivity index (χ0n) is 8.71. The lowest BCUT2D eigenvalue weighted by Crippen LogP contribution is -2.00. The predicted molar refractivity (Wildman–Crippen MR) is 55.9 cm³/mol. The van der Waals surface area contributed by atoms with Crippen molar-refractivity contribution in [3.63, 3.8) is 0 Å². The van der Waals surface area contributed by atoms with Crippen molar-refractivity contribution in [1.29, 1.82) is 0 Å². The molecule has 2 heteroatoms. The van der Waals surface area contributed by atoms with Gasteiger partial charge in [-0.3, -0.25) is 0 Å². The summed E-state index contributed by atoms with van der Waals surface area (Å²) in [5, 5.41) is 9.10. The monoisotopic (exact) mass is 192 g/mol. The van der Waals surface area contributed by atoms with Gasteiger partial charge >= 0.3 is 0 Å². The average Bonchev–Trinajstić information content (AvgIpc) is 2.64. The molecule has 0 saturated carbocycles. The molecule has 0 radical (unpaired) electrons. The van der Waals surface area contributed by atoms with Crippen molar-refractivity contribution < 1.29 is 9.84 Å². The molecule has 1 unspecified atom stereocenters. The average molecular weight is 192 g/mol. The van der Waals surface area contributed by atoms with Crippen LogP contribution in [0.2, 0.25) is 0 Å². The van der Waals surface area contributed by atoms with Crippen molar-refractivity contribution in [1.82, 2.24) is 0 Å². The van der Waals surface area contributed by atoms with Crippen LogP contribution in [0.5, 0.6) is 5.75 Å². The van der Waals surface area contributed by atoms with Crippen LogP contribution in [0.25, 0.3) is 0 Å². The van der Waals surface area contributed by atoms with E-state index in [1.54, 1.807) is 0 Å². The second kappa shape index (κ2) is 3.62. The molecule has 0 aromatic heterocycles. The van der Waals surface area contributed by atoms with Gasteiger partial charge in [0.1, 0.15) is 5.75 Å². The number of benzene rings is 1. The maximum absolute atomic E-state index is 9.10. The summed E-state index contributed by atoms with van der Waals surface area (Å²) in [6.45, 7) is 5.11. The molecule has 1 atom stereocenters. The molecule has 0 bridgehead atoms. The Labute approximate surface area is 84.5 Å². The lowest BCUT2D eigenvalue weighted by molar-refractivity contribution is 0.273. The van der Waals surface area contributed by atoms with Crippen molar-refractivity contribution in [3.8, 4) is 5.75 Å². The summed E-state index contributed by atoms with van der Waals surface area (Å²) in [6.07, 6.45) is 1.00. The molecule has 14 heavy (non-hydrogen) atoms. The quantitative estimate of drug-likeness (QED) is 0.776. The molecule has 1 aliphatic rings. The first-order valence-electron chi connectivity index (χ1n) is 5.09. The van der Waals surface area contributed by atoms with Crippen LogP contribution in [0, 0.1) is 6.92 Å². The molecule has 1 N–H and O–H groups in total. The number of hydrogen-bond donors (Lipinski definition) is 1. The van der Waals surface area contributed by atoms with Crippen LogP contribution in [0.1, 0.15) is 29.5 Å². The Bertz CT molecular complexity index is 344. The highest BCUT2D eigenvalue weighted by Gasteiger charge is 2.17. The van der Waals surface area contributed by atoms with Crippen LogP contribution in [0.4, 0.5) is 0 Å². The summed E-state index contributed by atoms with van der Waals surface area (Å²) in [5.74, 6) is 1.28. The minimum absolute atomic E-state index is 0.207. The van der Waals surface area contributed by atoms with Gasteiger partial charge in [-0.1, -0.05) is 19.1 Å². The maximum Gasteiger partial charge on any atom is 0.125 e. The van der Waals surface area contributed by atoms with E-state index in [9.17, 15) is 0 Å². The first-order chi connectivity index (χ1) is 6.72. The van der Waals surface area contributed by atoms with Crippen molar-refractivity contribution >= 4 is 0 Å². The second-order valence-corrected chi connectivity index (χ2v) is 4.01. The normalized spacial score (nSPS) is 16.2. The van der Waals surface area contributed by atoms with Gasteiger partial charge in [-0.25, -0.2) is 0 Å². The summed E-state index contributed by atoms with van der Waals surface area (Å²) in [6, 6.07) is 4.28. The highest BCUT2D eigenvalue weighted by Crippen LogP contribution is 2.32. The molecule has 2 nitrogen and oxygen atoms in total. The summed E-state index contributed by atoms with van der Waals surface area (Å²) in [5.41, 5.74) is 3.70. The number of aryl methyl sites for hydroxylation is 1. The number of fused-ring (bicyclic) bond motifs is 1. The van der Waals surface area contributed by atoms with E-state index in [4.69, 9.17) is 9.84 Å². The minimum atomic E-state index is 0.207. The van der Waals surface area contributed by atoms with Gasteiger partial charge in [0.25, 0.3) is 0 Å². The molecule has 0 saturated heterocycles. The Morgan fingerprint density at radius 3 is 3.00 bits per heavy atom. The van der Waals surface area contributed by atoms with Gasteiger partial charge in [0.2, 0.25) is 0 Å². The standard InChI is InChI=1S/C12H16O2/c1-8-5-11(9(2)7-13)6-10-3-4-14-12(8)10/h5-6,9,13H,3-4,7H2,1-2H3. The van der Waals surface area contributed by atoms with Crippen LogP contribution in [0.15, 0.2) is 12.1 Å². The van der Waals surface area contributed by atoms with Crippen LogP contribution in [-0.2, 0) is 6.42 Å². The Balaban J connectivity index is 2.41. The van der Waals surface area contributed by atoms with E-state index in [0.717, 1.165) is 18.8 Å². The topological polar surface area (TPSA) is 29.5 Å². The first-order valence-corrected chi connectivity index (χ1v) is 5.09. The van der Waals surface area contributed by atoms with E-state index in [0.29, 0.717) is 0 Å². The summed E-state index contributed by atoms with van der Waals surface area (Å²) < 4.78 is 5.54. The third-order valence-corrected chi connectivity index (χ3v) is 2.83. The highest BCUT2D eigenvalue weighted by atomic mass is 16.5. The van der Waals surface area contributed by atoms with Crippen LogP contribution in [0.3, 0.4) is 0 Å². The second-order valence-electron chi connectivity index (χ2n) is 4.01. The van der Waals surface area contributed by atoms with Gasteiger partial charge in [0.05, 0.1) is 6.61 Å². The van der Waals surface area contributed by atoms with E-state index in [1.165, 1.54) is 16.7 Å². The lowest BCUT2D eigenvalue weighted by atomic mass is 9.96. The molecule has 2 rings (SSSR count). The molecule has 0 aliphatic carbocycles. The smallest absolute Gasteiger partial charge is 0.125 e. The van der Waals surface area contributed by atoms with Crippen molar-refractivity contribution in [2.75, 3.05) is 13.2 Å². The third kappa shape index (κ3) is 1.50. The fourth-order valence-corrected chi connectivity index (χ4v) is 1.92. The molecular weight excluding hydrogens is 176 g/mol. The molecule has 0 amide bonds. The summed E-state index contributed by atoms with van der Waals surface area (Å²) >= 11 is 0. The van der Waals surface area contributed by atoms with Gasteiger partial charge in [-0.2, -0.15) is 0 Å². The Hall–Kier alpha value is -1.02. The van der Waals surface area contributed by atoms with Crippen molar-refractivity contribution in [2.45, 2.75) is 26.2 Å². The minimum Gasteiger partial charge on any atom is -0.493 e. The van der Waals surface area contributed by atoms with Gasteiger partial charge < -0.3 is 9.84 Å². The summed E-state index contributed by atoms with van der Waals surface area (Å²) in [7, 11) is 0. The highest BCUT2D eigenvalue weighted by molar-refractivity contribution is 5.47. The van der Waals surface area contributed by atoms with E-state index in [2.05, 4.69) is 19.1 Å². The lowest BCUT2D eigenvalue weighted by Gasteiger charge is -2.12.